The van der Waals surface area contributed by atoms with E-state index in [-0.39, 0.29) is 0 Å². The van der Waals surface area contributed by atoms with Crippen molar-refractivity contribution in [2.45, 2.75) is 38.0 Å². The van der Waals surface area contributed by atoms with E-state index in [1.54, 1.807) is 6.07 Å². The second kappa shape index (κ2) is 4.35. The molecule has 1 nitrogen and oxygen atoms in total. The standard InChI is InChI=1S/C12H15BrO/c13-11-8-10(6-7-12(11)14)9-4-2-1-3-5-9/h6-9,14H,1-5H2. The molecule has 1 saturated carbocycles. The Hall–Kier alpha value is -0.500. The number of phenolic OH excluding ortho intramolecular Hbond substituents is 1. The van der Waals surface area contributed by atoms with Gasteiger partial charge in [-0.15, -0.1) is 0 Å². The first-order valence-electron chi connectivity index (χ1n) is 5.26. The van der Waals surface area contributed by atoms with Crippen LogP contribution in [0, 0.1) is 0 Å². The average molecular weight is 255 g/mol. The van der Waals surface area contributed by atoms with Crippen LogP contribution in [0.15, 0.2) is 22.7 Å². The summed E-state index contributed by atoms with van der Waals surface area (Å²) in [6.45, 7) is 0. The van der Waals surface area contributed by atoms with Crippen molar-refractivity contribution < 1.29 is 5.11 Å². The van der Waals surface area contributed by atoms with E-state index in [2.05, 4.69) is 28.1 Å². The van der Waals surface area contributed by atoms with Gasteiger partial charge in [0, 0.05) is 0 Å². The number of benzene rings is 1. The predicted molar refractivity (Wildman–Crippen MR) is 61.6 cm³/mol. The molecular formula is C12H15BrO. The number of phenols is 1. The molecule has 0 aromatic heterocycles. The van der Waals surface area contributed by atoms with Gasteiger partial charge in [0.2, 0.25) is 0 Å². The van der Waals surface area contributed by atoms with Gasteiger partial charge in [-0.05, 0) is 52.4 Å². The van der Waals surface area contributed by atoms with Gasteiger partial charge in [-0.2, -0.15) is 0 Å². The second-order valence-electron chi connectivity index (χ2n) is 4.05. The highest BCUT2D eigenvalue weighted by Gasteiger charge is 2.15. The van der Waals surface area contributed by atoms with Crippen LogP contribution < -0.4 is 0 Å². The average Bonchev–Trinajstić information content (AvgIpc) is 2.23. The molecule has 1 fully saturated rings. The molecule has 0 atom stereocenters. The van der Waals surface area contributed by atoms with E-state index >= 15 is 0 Å². The summed E-state index contributed by atoms with van der Waals surface area (Å²) in [5.74, 6) is 1.05. The number of hydrogen-bond acceptors (Lipinski definition) is 1. The molecule has 0 unspecified atom stereocenters. The molecule has 0 spiro atoms. The van der Waals surface area contributed by atoms with Crippen molar-refractivity contribution in [3.05, 3.63) is 28.2 Å². The van der Waals surface area contributed by atoms with Gasteiger partial charge in [0.25, 0.3) is 0 Å². The largest absolute Gasteiger partial charge is 0.507 e. The van der Waals surface area contributed by atoms with E-state index < -0.39 is 0 Å². The summed E-state index contributed by atoms with van der Waals surface area (Å²) >= 11 is 3.36. The van der Waals surface area contributed by atoms with Gasteiger partial charge >= 0.3 is 0 Å². The first kappa shape index (κ1) is 10.0. The number of hydrogen-bond donors (Lipinski definition) is 1. The maximum Gasteiger partial charge on any atom is 0.129 e. The first-order chi connectivity index (χ1) is 6.77. The van der Waals surface area contributed by atoms with Crippen LogP contribution in [-0.2, 0) is 0 Å². The fourth-order valence-electron chi connectivity index (χ4n) is 2.21. The monoisotopic (exact) mass is 254 g/mol. The normalized spacial score (nSPS) is 18.4. The van der Waals surface area contributed by atoms with Crippen molar-refractivity contribution >= 4 is 15.9 Å². The van der Waals surface area contributed by atoms with Crippen LogP contribution in [0.25, 0.3) is 0 Å². The molecule has 76 valence electrons. The van der Waals surface area contributed by atoms with Gasteiger partial charge in [0.05, 0.1) is 4.47 Å². The fraction of sp³-hybridized carbons (Fsp3) is 0.500. The Labute approximate surface area is 93.3 Å². The van der Waals surface area contributed by atoms with Gasteiger partial charge in [0.15, 0.2) is 0 Å². The third-order valence-corrected chi connectivity index (χ3v) is 3.68. The topological polar surface area (TPSA) is 20.2 Å². The van der Waals surface area contributed by atoms with Gasteiger partial charge < -0.3 is 5.11 Å². The van der Waals surface area contributed by atoms with Gasteiger partial charge in [-0.3, -0.25) is 0 Å². The quantitative estimate of drug-likeness (QED) is 0.797. The molecule has 2 heteroatoms. The minimum absolute atomic E-state index is 0.338. The molecule has 0 bridgehead atoms. The van der Waals surface area contributed by atoms with Crippen LogP contribution in [0.2, 0.25) is 0 Å². The molecule has 0 amide bonds. The zero-order chi connectivity index (χ0) is 9.97. The third kappa shape index (κ3) is 2.11. The Balaban J connectivity index is 2.18. The highest BCUT2D eigenvalue weighted by molar-refractivity contribution is 9.10. The molecule has 2 rings (SSSR count). The molecule has 0 aliphatic heterocycles. The van der Waals surface area contributed by atoms with E-state index in [9.17, 15) is 5.11 Å². The Morgan fingerprint density at radius 1 is 1.14 bits per heavy atom. The van der Waals surface area contributed by atoms with Crippen molar-refractivity contribution in [1.29, 1.82) is 0 Å². The Morgan fingerprint density at radius 3 is 2.50 bits per heavy atom. The van der Waals surface area contributed by atoms with Gasteiger partial charge in [0.1, 0.15) is 5.75 Å². The van der Waals surface area contributed by atoms with Crippen LogP contribution in [0.1, 0.15) is 43.6 Å². The summed E-state index contributed by atoms with van der Waals surface area (Å²) < 4.78 is 0.820. The van der Waals surface area contributed by atoms with Crippen molar-refractivity contribution in [1.82, 2.24) is 0 Å². The number of aromatic hydroxyl groups is 1. The Kier molecular flexibility index (Phi) is 3.12. The van der Waals surface area contributed by atoms with Crippen LogP contribution >= 0.6 is 15.9 Å². The van der Waals surface area contributed by atoms with Crippen LogP contribution in [0.3, 0.4) is 0 Å². The van der Waals surface area contributed by atoms with E-state index in [0.29, 0.717) is 11.7 Å². The molecule has 1 aromatic carbocycles. The molecular weight excluding hydrogens is 240 g/mol. The fourth-order valence-corrected chi connectivity index (χ4v) is 2.61. The van der Waals surface area contributed by atoms with E-state index in [0.717, 1.165) is 4.47 Å². The lowest BCUT2D eigenvalue weighted by molar-refractivity contribution is 0.441. The molecule has 0 saturated heterocycles. The number of halogens is 1. The molecule has 14 heavy (non-hydrogen) atoms. The summed E-state index contributed by atoms with van der Waals surface area (Å²) in [6, 6.07) is 5.90. The van der Waals surface area contributed by atoms with E-state index in [1.165, 1.54) is 37.7 Å². The highest BCUT2D eigenvalue weighted by atomic mass is 79.9. The summed E-state index contributed by atoms with van der Waals surface area (Å²) in [7, 11) is 0. The van der Waals surface area contributed by atoms with E-state index in [1.807, 2.05) is 0 Å². The van der Waals surface area contributed by atoms with Crippen molar-refractivity contribution in [2.75, 3.05) is 0 Å². The van der Waals surface area contributed by atoms with Crippen molar-refractivity contribution in [3.8, 4) is 5.75 Å². The maximum atomic E-state index is 9.40. The lowest BCUT2D eigenvalue weighted by Gasteiger charge is -2.22. The molecule has 1 aliphatic rings. The smallest absolute Gasteiger partial charge is 0.129 e. The minimum Gasteiger partial charge on any atom is -0.507 e. The summed E-state index contributed by atoms with van der Waals surface area (Å²) in [6.07, 6.45) is 6.69. The molecule has 1 aromatic rings. The van der Waals surface area contributed by atoms with Gasteiger partial charge in [-0.25, -0.2) is 0 Å². The zero-order valence-electron chi connectivity index (χ0n) is 8.17. The lowest BCUT2D eigenvalue weighted by atomic mass is 9.84. The van der Waals surface area contributed by atoms with Crippen molar-refractivity contribution in [2.24, 2.45) is 0 Å². The molecule has 1 N–H and O–H groups in total. The van der Waals surface area contributed by atoms with Crippen LogP contribution in [-0.4, -0.2) is 5.11 Å². The molecule has 0 heterocycles. The van der Waals surface area contributed by atoms with Crippen molar-refractivity contribution in [3.63, 3.8) is 0 Å². The number of rotatable bonds is 1. The highest BCUT2D eigenvalue weighted by Crippen LogP contribution is 2.35. The zero-order valence-corrected chi connectivity index (χ0v) is 9.76. The third-order valence-electron chi connectivity index (χ3n) is 3.05. The molecule has 0 radical (unpaired) electrons. The van der Waals surface area contributed by atoms with Crippen LogP contribution in [0.4, 0.5) is 0 Å². The minimum atomic E-state index is 0.338. The first-order valence-corrected chi connectivity index (χ1v) is 6.05. The predicted octanol–water partition coefficient (Wildman–Crippen LogP) is 4.20. The SMILES string of the molecule is Oc1ccc(C2CCCCC2)cc1Br. The van der Waals surface area contributed by atoms with E-state index in [4.69, 9.17) is 0 Å². The molecule has 1 aliphatic carbocycles. The van der Waals surface area contributed by atoms with Crippen LogP contribution in [0.5, 0.6) is 5.75 Å². The Morgan fingerprint density at radius 2 is 1.86 bits per heavy atom. The summed E-state index contributed by atoms with van der Waals surface area (Å²) in [5.41, 5.74) is 1.37. The summed E-state index contributed by atoms with van der Waals surface area (Å²) in [5, 5.41) is 9.40. The summed E-state index contributed by atoms with van der Waals surface area (Å²) in [4.78, 5) is 0. The Bertz CT molecular complexity index is 316. The lowest BCUT2D eigenvalue weighted by Crippen LogP contribution is -2.04. The second-order valence-corrected chi connectivity index (χ2v) is 4.90. The maximum absolute atomic E-state index is 9.40. The van der Waals surface area contributed by atoms with Gasteiger partial charge in [-0.1, -0.05) is 25.3 Å².